The van der Waals surface area contributed by atoms with Crippen LogP contribution in [0.1, 0.15) is 39.0 Å². The Morgan fingerprint density at radius 2 is 1.95 bits per heavy atom. The van der Waals surface area contributed by atoms with Gasteiger partial charge in [-0.3, -0.25) is 0 Å². The lowest BCUT2D eigenvalue weighted by Gasteiger charge is -2.31. The van der Waals surface area contributed by atoms with Gasteiger partial charge in [0, 0.05) is 13.1 Å². The first kappa shape index (κ1) is 16.9. The monoisotopic (exact) mass is 271 g/mol. The van der Waals surface area contributed by atoms with Crippen molar-refractivity contribution >= 4 is 0 Å². The summed E-state index contributed by atoms with van der Waals surface area (Å²) in [4.78, 5) is 4.87. The van der Waals surface area contributed by atoms with Crippen molar-refractivity contribution in [3.05, 3.63) is 0 Å². The summed E-state index contributed by atoms with van der Waals surface area (Å²) < 4.78 is 0. The number of piperidine rings is 1. The first-order chi connectivity index (χ1) is 8.93. The van der Waals surface area contributed by atoms with Crippen LogP contribution in [0.15, 0.2) is 0 Å². The zero-order chi connectivity index (χ0) is 14.3. The van der Waals surface area contributed by atoms with Crippen molar-refractivity contribution in [3.8, 4) is 0 Å². The summed E-state index contributed by atoms with van der Waals surface area (Å²) in [5.74, 6) is 0.869. The molecular formula is C15H33N3O. The molecule has 0 saturated carbocycles. The predicted molar refractivity (Wildman–Crippen MR) is 81.2 cm³/mol. The number of hydrogen-bond donors (Lipinski definition) is 2. The van der Waals surface area contributed by atoms with Gasteiger partial charge in [0.2, 0.25) is 0 Å². The largest absolute Gasteiger partial charge is 0.389 e. The third kappa shape index (κ3) is 7.25. The van der Waals surface area contributed by atoms with Gasteiger partial charge >= 0.3 is 0 Å². The fourth-order valence-electron chi connectivity index (χ4n) is 2.77. The van der Waals surface area contributed by atoms with Crippen molar-refractivity contribution in [2.24, 2.45) is 11.7 Å². The van der Waals surface area contributed by atoms with Crippen LogP contribution in [0, 0.1) is 5.92 Å². The van der Waals surface area contributed by atoms with Crippen LogP contribution in [0.25, 0.3) is 0 Å². The molecular weight excluding hydrogens is 238 g/mol. The van der Waals surface area contributed by atoms with Crippen molar-refractivity contribution in [3.63, 3.8) is 0 Å². The van der Waals surface area contributed by atoms with Gasteiger partial charge in [0.1, 0.15) is 0 Å². The molecule has 1 aliphatic rings. The van der Waals surface area contributed by atoms with Crippen molar-refractivity contribution in [2.75, 3.05) is 46.8 Å². The molecule has 4 heteroatoms. The lowest BCUT2D eigenvalue weighted by molar-refractivity contribution is 0.0563. The van der Waals surface area contributed by atoms with Gasteiger partial charge in [-0.25, -0.2) is 0 Å². The van der Waals surface area contributed by atoms with E-state index >= 15 is 0 Å². The van der Waals surface area contributed by atoms with E-state index < -0.39 is 5.60 Å². The van der Waals surface area contributed by atoms with E-state index in [2.05, 4.69) is 23.9 Å². The molecule has 0 spiro atoms. The van der Waals surface area contributed by atoms with Gasteiger partial charge in [0.25, 0.3) is 0 Å². The molecule has 0 radical (unpaired) electrons. The summed E-state index contributed by atoms with van der Waals surface area (Å²) >= 11 is 0. The highest BCUT2D eigenvalue weighted by molar-refractivity contribution is 4.74. The molecule has 4 nitrogen and oxygen atoms in total. The van der Waals surface area contributed by atoms with E-state index in [1.807, 2.05) is 6.92 Å². The molecule has 0 bridgehead atoms. The van der Waals surface area contributed by atoms with Crippen LogP contribution in [0.2, 0.25) is 0 Å². The zero-order valence-corrected chi connectivity index (χ0v) is 13.1. The van der Waals surface area contributed by atoms with Gasteiger partial charge < -0.3 is 20.6 Å². The number of hydrogen-bond acceptors (Lipinski definition) is 4. The molecule has 1 fully saturated rings. The van der Waals surface area contributed by atoms with Crippen LogP contribution < -0.4 is 5.73 Å². The highest BCUT2D eigenvalue weighted by Gasteiger charge is 2.19. The summed E-state index contributed by atoms with van der Waals surface area (Å²) in [7, 11) is 4.43. The predicted octanol–water partition coefficient (Wildman–Crippen LogP) is 1.14. The van der Waals surface area contributed by atoms with Crippen LogP contribution in [0.5, 0.6) is 0 Å². The summed E-state index contributed by atoms with van der Waals surface area (Å²) in [6.45, 7) is 7.04. The van der Waals surface area contributed by atoms with Crippen LogP contribution in [-0.4, -0.2) is 67.3 Å². The van der Waals surface area contributed by atoms with Crippen molar-refractivity contribution in [2.45, 2.75) is 44.6 Å². The second-order valence-corrected chi connectivity index (χ2v) is 6.67. The molecule has 114 valence electrons. The summed E-state index contributed by atoms with van der Waals surface area (Å²) in [5, 5.41) is 9.83. The van der Waals surface area contributed by atoms with Gasteiger partial charge in [-0.2, -0.15) is 0 Å². The van der Waals surface area contributed by atoms with Crippen LogP contribution in [-0.2, 0) is 0 Å². The Morgan fingerprint density at radius 3 is 2.53 bits per heavy atom. The number of rotatable bonds is 8. The average molecular weight is 271 g/mol. The molecule has 1 unspecified atom stereocenters. The van der Waals surface area contributed by atoms with E-state index in [9.17, 15) is 5.11 Å². The fraction of sp³-hybridized carbons (Fsp3) is 1.00. The van der Waals surface area contributed by atoms with Gasteiger partial charge in [-0.05, 0) is 78.7 Å². The molecule has 1 saturated heterocycles. The van der Waals surface area contributed by atoms with Crippen LogP contribution in [0.3, 0.4) is 0 Å². The van der Waals surface area contributed by atoms with Gasteiger partial charge in [-0.1, -0.05) is 0 Å². The Bertz CT molecular complexity index is 238. The maximum atomic E-state index is 9.83. The second kappa shape index (κ2) is 8.20. The quantitative estimate of drug-likeness (QED) is 0.650. The topological polar surface area (TPSA) is 52.7 Å². The smallest absolute Gasteiger partial charge is 0.0741 e. The van der Waals surface area contributed by atoms with Gasteiger partial charge in [-0.15, -0.1) is 0 Å². The number of nitrogens with zero attached hydrogens (tertiary/aromatic N) is 2. The third-order valence-electron chi connectivity index (χ3n) is 4.35. The van der Waals surface area contributed by atoms with E-state index in [1.54, 1.807) is 0 Å². The molecule has 19 heavy (non-hydrogen) atoms. The molecule has 0 amide bonds. The molecule has 1 rings (SSSR count). The Hall–Kier alpha value is -0.160. The maximum Gasteiger partial charge on any atom is 0.0741 e. The van der Waals surface area contributed by atoms with E-state index in [0.29, 0.717) is 6.54 Å². The first-order valence-electron chi connectivity index (χ1n) is 7.72. The lowest BCUT2D eigenvalue weighted by atomic mass is 9.96. The Labute approximate surface area is 118 Å². The van der Waals surface area contributed by atoms with Crippen LogP contribution >= 0.6 is 0 Å². The summed E-state index contributed by atoms with van der Waals surface area (Å²) in [5.41, 5.74) is 4.84. The lowest BCUT2D eigenvalue weighted by Crippen LogP contribution is -2.36. The molecule has 0 aromatic heterocycles. The van der Waals surface area contributed by atoms with Crippen molar-refractivity contribution in [1.82, 2.24) is 9.80 Å². The summed E-state index contributed by atoms with van der Waals surface area (Å²) in [6.07, 6.45) is 5.69. The molecule has 0 aromatic carbocycles. The number of unbranched alkanes of at least 4 members (excludes halogenated alkanes) is 1. The Balaban J connectivity index is 2.06. The molecule has 0 aromatic rings. The number of nitrogens with two attached hydrogens (primary N) is 1. The average Bonchev–Trinajstić information content (AvgIpc) is 2.38. The molecule has 1 heterocycles. The highest BCUT2D eigenvalue weighted by atomic mass is 16.3. The Morgan fingerprint density at radius 1 is 1.32 bits per heavy atom. The van der Waals surface area contributed by atoms with E-state index in [4.69, 9.17) is 5.73 Å². The zero-order valence-electron chi connectivity index (χ0n) is 13.1. The van der Waals surface area contributed by atoms with Crippen LogP contribution in [0.4, 0.5) is 0 Å². The highest BCUT2D eigenvalue weighted by Crippen LogP contribution is 2.17. The second-order valence-electron chi connectivity index (χ2n) is 6.67. The molecule has 3 N–H and O–H groups in total. The maximum absolute atomic E-state index is 9.83. The van der Waals surface area contributed by atoms with Crippen molar-refractivity contribution < 1.29 is 5.11 Å². The third-order valence-corrected chi connectivity index (χ3v) is 4.35. The minimum Gasteiger partial charge on any atom is -0.389 e. The number of likely N-dealkylation sites (tertiary alicyclic amines) is 1. The fourth-order valence-corrected chi connectivity index (χ4v) is 2.77. The molecule has 0 aliphatic carbocycles. The van der Waals surface area contributed by atoms with E-state index in [-0.39, 0.29) is 0 Å². The molecule has 1 atom stereocenters. The minimum atomic E-state index is -0.674. The van der Waals surface area contributed by atoms with E-state index in [1.165, 1.54) is 32.5 Å². The van der Waals surface area contributed by atoms with E-state index in [0.717, 1.165) is 31.7 Å². The Kier molecular flexibility index (Phi) is 7.29. The van der Waals surface area contributed by atoms with Crippen molar-refractivity contribution in [1.29, 1.82) is 0 Å². The van der Waals surface area contributed by atoms with Gasteiger partial charge in [0.15, 0.2) is 0 Å². The normalized spacial score (nSPS) is 21.8. The SMILES string of the molecule is CN1CCC(CN(C)CCCCC(C)(O)CN)CC1. The first-order valence-corrected chi connectivity index (χ1v) is 7.72. The number of aliphatic hydroxyl groups is 1. The standard InChI is InChI=1S/C15H33N3O/c1-15(19,13-16)8-4-5-9-18(3)12-14-6-10-17(2)11-7-14/h14,19H,4-13,16H2,1-3H3. The van der Waals surface area contributed by atoms with Gasteiger partial charge in [0.05, 0.1) is 5.60 Å². The molecule has 1 aliphatic heterocycles. The minimum absolute atomic E-state index is 0.360. The summed E-state index contributed by atoms with van der Waals surface area (Å²) in [6, 6.07) is 0.